The van der Waals surface area contributed by atoms with Crippen molar-refractivity contribution in [1.82, 2.24) is 9.88 Å². The molecule has 0 aliphatic rings. The van der Waals surface area contributed by atoms with Crippen LogP contribution in [-0.4, -0.2) is 28.7 Å². The Morgan fingerprint density at radius 2 is 2.29 bits per heavy atom. The molecule has 5 heteroatoms. The average molecular weight is 233 g/mol. The highest BCUT2D eigenvalue weighted by molar-refractivity contribution is 6.00. The predicted molar refractivity (Wildman–Crippen MR) is 66.0 cm³/mol. The van der Waals surface area contributed by atoms with Crippen LogP contribution in [0.2, 0.25) is 0 Å². The number of aromatic hydroxyl groups is 1. The van der Waals surface area contributed by atoms with Crippen molar-refractivity contribution in [3.8, 4) is 5.75 Å². The first-order valence-electron chi connectivity index (χ1n) is 5.41. The molecule has 17 heavy (non-hydrogen) atoms. The summed E-state index contributed by atoms with van der Waals surface area (Å²) >= 11 is 0. The van der Waals surface area contributed by atoms with Crippen LogP contribution in [-0.2, 0) is 7.05 Å². The van der Waals surface area contributed by atoms with Gasteiger partial charge in [-0.3, -0.25) is 4.79 Å². The maximum atomic E-state index is 11.8. The van der Waals surface area contributed by atoms with E-state index in [0.717, 1.165) is 5.52 Å². The molecular weight excluding hydrogens is 218 g/mol. The largest absolute Gasteiger partial charge is 0.507 e. The van der Waals surface area contributed by atoms with E-state index in [4.69, 9.17) is 5.73 Å². The Morgan fingerprint density at radius 3 is 2.94 bits per heavy atom. The molecule has 2 rings (SSSR count). The van der Waals surface area contributed by atoms with Crippen LogP contribution in [0.15, 0.2) is 24.3 Å². The number of phenolic OH excluding ortho intramolecular Hbond substituents is 1. The van der Waals surface area contributed by atoms with Crippen LogP contribution in [0.3, 0.4) is 0 Å². The van der Waals surface area contributed by atoms with Crippen molar-refractivity contribution in [2.45, 2.75) is 0 Å². The van der Waals surface area contributed by atoms with Gasteiger partial charge in [0.15, 0.2) is 0 Å². The Hall–Kier alpha value is -2.01. The Labute approximate surface area is 98.8 Å². The number of amides is 1. The number of nitrogens with zero attached hydrogens (tertiary/aromatic N) is 1. The molecule has 4 N–H and O–H groups in total. The molecule has 5 nitrogen and oxygen atoms in total. The summed E-state index contributed by atoms with van der Waals surface area (Å²) in [6.45, 7) is 0.841. The average Bonchev–Trinajstić information content (AvgIpc) is 2.66. The van der Waals surface area contributed by atoms with Crippen LogP contribution in [0, 0.1) is 0 Å². The number of carbonyl (C=O) groups is 1. The summed E-state index contributed by atoms with van der Waals surface area (Å²) in [6, 6.07) is 6.88. The molecule has 0 atom stereocenters. The molecular formula is C12H15N3O2. The van der Waals surface area contributed by atoms with E-state index in [-0.39, 0.29) is 11.7 Å². The number of rotatable bonds is 3. The van der Waals surface area contributed by atoms with Gasteiger partial charge in [-0.05, 0) is 18.2 Å². The third kappa shape index (κ3) is 1.97. The van der Waals surface area contributed by atoms with Gasteiger partial charge >= 0.3 is 0 Å². The van der Waals surface area contributed by atoms with Crippen LogP contribution in [0.4, 0.5) is 0 Å². The molecule has 0 aliphatic heterocycles. The van der Waals surface area contributed by atoms with Gasteiger partial charge in [0.1, 0.15) is 11.4 Å². The molecule has 90 valence electrons. The van der Waals surface area contributed by atoms with Crippen molar-refractivity contribution in [1.29, 1.82) is 0 Å². The molecule has 0 saturated carbocycles. The Bertz CT molecular complexity index is 560. The summed E-state index contributed by atoms with van der Waals surface area (Å²) in [7, 11) is 1.79. The number of phenols is 1. The number of nitrogens with one attached hydrogen (secondary N) is 1. The number of benzene rings is 1. The summed E-state index contributed by atoms with van der Waals surface area (Å²) in [5, 5.41) is 13.1. The lowest BCUT2D eigenvalue weighted by molar-refractivity contribution is 0.0947. The van der Waals surface area contributed by atoms with Crippen molar-refractivity contribution >= 4 is 16.8 Å². The van der Waals surface area contributed by atoms with Gasteiger partial charge in [0, 0.05) is 25.5 Å². The fourth-order valence-corrected chi connectivity index (χ4v) is 1.84. The normalized spacial score (nSPS) is 10.7. The van der Waals surface area contributed by atoms with E-state index in [1.165, 1.54) is 0 Å². The van der Waals surface area contributed by atoms with E-state index < -0.39 is 0 Å². The monoisotopic (exact) mass is 233 g/mol. The van der Waals surface area contributed by atoms with Crippen LogP contribution in [0.25, 0.3) is 10.9 Å². The summed E-state index contributed by atoms with van der Waals surface area (Å²) in [4.78, 5) is 11.8. The molecule has 0 fully saturated rings. The second kappa shape index (κ2) is 4.47. The molecule has 1 heterocycles. The van der Waals surface area contributed by atoms with Gasteiger partial charge < -0.3 is 20.7 Å². The van der Waals surface area contributed by atoms with Gasteiger partial charge in [-0.1, -0.05) is 6.07 Å². The first-order valence-corrected chi connectivity index (χ1v) is 5.41. The number of nitrogens with two attached hydrogens (primary N) is 1. The molecule has 0 radical (unpaired) electrons. The van der Waals surface area contributed by atoms with Gasteiger partial charge in [0.25, 0.3) is 5.91 Å². The molecule has 2 aromatic rings. The van der Waals surface area contributed by atoms with Crippen molar-refractivity contribution in [3.63, 3.8) is 0 Å². The maximum Gasteiger partial charge on any atom is 0.267 e. The van der Waals surface area contributed by atoms with Gasteiger partial charge in [-0.15, -0.1) is 0 Å². The Morgan fingerprint density at radius 1 is 1.53 bits per heavy atom. The van der Waals surface area contributed by atoms with Crippen LogP contribution in [0.1, 0.15) is 10.5 Å². The highest BCUT2D eigenvalue weighted by Gasteiger charge is 2.14. The van der Waals surface area contributed by atoms with Crippen molar-refractivity contribution < 1.29 is 9.90 Å². The van der Waals surface area contributed by atoms with Crippen molar-refractivity contribution in [2.75, 3.05) is 13.1 Å². The summed E-state index contributed by atoms with van der Waals surface area (Å²) in [6.07, 6.45) is 0. The fraction of sp³-hybridized carbons (Fsp3) is 0.250. The van der Waals surface area contributed by atoms with Gasteiger partial charge in [0.2, 0.25) is 0 Å². The van der Waals surface area contributed by atoms with E-state index in [1.54, 1.807) is 29.8 Å². The van der Waals surface area contributed by atoms with Gasteiger partial charge in [-0.25, -0.2) is 0 Å². The Kier molecular flexibility index (Phi) is 3.01. The fourth-order valence-electron chi connectivity index (χ4n) is 1.84. The van der Waals surface area contributed by atoms with Crippen molar-refractivity contribution in [3.05, 3.63) is 30.0 Å². The smallest absolute Gasteiger partial charge is 0.267 e. The highest BCUT2D eigenvalue weighted by atomic mass is 16.3. The third-order valence-electron chi connectivity index (χ3n) is 2.73. The van der Waals surface area contributed by atoms with E-state index in [1.807, 2.05) is 6.07 Å². The zero-order valence-corrected chi connectivity index (χ0v) is 9.60. The summed E-state index contributed by atoms with van der Waals surface area (Å²) < 4.78 is 1.75. The second-order valence-corrected chi connectivity index (χ2v) is 3.84. The van der Waals surface area contributed by atoms with Crippen LogP contribution >= 0.6 is 0 Å². The highest BCUT2D eigenvalue weighted by Crippen LogP contribution is 2.26. The molecule has 0 saturated heterocycles. The number of aromatic nitrogens is 1. The SMILES string of the molecule is Cn1c(C(=O)NCCN)cc2c(O)cccc21. The van der Waals surface area contributed by atoms with Gasteiger partial charge in [0.05, 0.1) is 5.52 Å². The first-order chi connectivity index (χ1) is 8.15. The molecule has 1 aromatic carbocycles. The minimum Gasteiger partial charge on any atom is -0.507 e. The standard InChI is InChI=1S/C12H15N3O2/c1-15-9-3-2-4-11(16)8(9)7-10(15)12(17)14-6-5-13/h2-4,7,16H,5-6,13H2,1H3,(H,14,17). The number of hydrogen-bond donors (Lipinski definition) is 3. The maximum absolute atomic E-state index is 11.8. The lowest BCUT2D eigenvalue weighted by Gasteiger charge is -2.04. The molecule has 1 aromatic heterocycles. The van der Waals surface area contributed by atoms with E-state index in [9.17, 15) is 9.90 Å². The minimum absolute atomic E-state index is 0.177. The lowest BCUT2D eigenvalue weighted by Crippen LogP contribution is -2.30. The van der Waals surface area contributed by atoms with Gasteiger partial charge in [-0.2, -0.15) is 0 Å². The summed E-state index contributed by atoms with van der Waals surface area (Å²) in [5.41, 5.74) is 6.66. The molecule has 1 amide bonds. The first kappa shape index (κ1) is 11.5. The van der Waals surface area contributed by atoms with Crippen LogP contribution in [0.5, 0.6) is 5.75 Å². The topological polar surface area (TPSA) is 80.3 Å². The van der Waals surface area contributed by atoms with Crippen LogP contribution < -0.4 is 11.1 Å². The zero-order valence-electron chi connectivity index (χ0n) is 9.60. The number of aryl methyl sites for hydroxylation is 1. The van der Waals surface area contributed by atoms with E-state index in [0.29, 0.717) is 24.2 Å². The van der Waals surface area contributed by atoms with E-state index >= 15 is 0 Å². The number of hydrogen-bond acceptors (Lipinski definition) is 3. The van der Waals surface area contributed by atoms with Crippen molar-refractivity contribution in [2.24, 2.45) is 12.8 Å². The molecule has 0 unspecified atom stereocenters. The molecule has 0 aliphatic carbocycles. The quantitative estimate of drug-likeness (QED) is 0.725. The minimum atomic E-state index is -0.187. The lowest BCUT2D eigenvalue weighted by atomic mass is 10.2. The summed E-state index contributed by atoms with van der Waals surface area (Å²) in [5.74, 6) is -0.00970. The molecule has 0 bridgehead atoms. The Balaban J connectivity index is 2.45. The molecule has 0 spiro atoms. The predicted octanol–water partition coefficient (Wildman–Crippen LogP) is 0.572. The second-order valence-electron chi connectivity index (χ2n) is 3.84. The number of carbonyl (C=O) groups excluding carboxylic acids is 1. The third-order valence-corrected chi connectivity index (χ3v) is 2.73. The number of fused-ring (bicyclic) bond motifs is 1. The zero-order chi connectivity index (χ0) is 12.4. The van der Waals surface area contributed by atoms with E-state index in [2.05, 4.69) is 5.32 Å².